The van der Waals surface area contributed by atoms with Crippen molar-refractivity contribution >= 4 is 11.6 Å². The molecule has 0 aliphatic rings. The molecule has 0 atom stereocenters. The Morgan fingerprint density at radius 1 is 0.889 bits per heavy atom. The van der Waals surface area contributed by atoms with E-state index in [9.17, 15) is 35.1 Å². The standard InChI is InChI=1S/C8H2ClF8N/c9-5-1-3(7(12,13)14)4(2-18-5)6(10,11)8(15,16)17/h1-2H. The fourth-order valence-corrected chi connectivity index (χ4v) is 1.23. The Hall–Kier alpha value is -1.12. The summed E-state index contributed by atoms with van der Waals surface area (Å²) in [4.78, 5) is 2.82. The van der Waals surface area contributed by atoms with Crippen LogP contribution in [0.4, 0.5) is 35.1 Å². The number of alkyl halides is 8. The van der Waals surface area contributed by atoms with Crippen LogP contribution in [-0.2, 0) is 12.1 Å². The van der Waals surface area contributed by atoms with Crippen LogP contribution in [0.1, 0.15) is 11.1 Å². The number of pyridine rings is 1. The molecule has 18 heavy (non-hydrogen) atoms. The molecule has 0 saturated heterocycles. The molecule has 0 aliphatic carbocycles. The number of rotatable bonds is 1. The second-order valence-corrected chi connectivity index (χ2v) is 3.51. The Morgan fingerprint density at radius 2 is 1.39 bits per heavy atom. The Morgan fingerprint density at radius 3 is 1.78 bits per heavy atom. The smallest absolute Gasteiger partial charge is 0.244 e. The summed E-state index contributed by atoms with van der Waals surface area (Å²) >= 11 is 5.05. The van der Waals surface area contributed by atoms with Crippen LogP contribution in [0, 0.1) is 0 Å². The van der Waals surface area contributed by atoms with Crippen molar-refractivity contribution in [3.05, 3.63) is 28.5 Å². The van der Waals surface area contributed by atoms with E-state index < -0.39 is 34.6 Å². The van der Waals surface area contributed by atoms with Crippen molar-refractivity contribution in [3.8, 4) is 0 Å². The van der Waals surface area contributed by atoms with Gasteiger partial charge < -0.3 is 0 Å². The molecule has 10 heteroatoms. The molecule has 0 fully saturated rings. The second-order valence-electron chi connectivity index (χ2n) is 3.12. The van der Waals surface area contributed by atoms with Crippen LogP contribution in [0.3, 0.4) is 0 Å². The lowest BCUT2D eigenvalue weighted by Crippen LogP contribution is -2.35. The van der Waals surface area contributed by atoms with Crippen LogP contribution in [-0.4, -0.2) is 11.2 Å². The summed E-state index contributed by atoms with van der Waals surface area (Å²) in [6.07, 6.45) is -11.8. The van der Waals surface area contributed by atoms with Crippen molar-refractivity contribution in [3.63, 3.8) is 0 Å². The van der Waals surface area contributed by atoms with Gasteiger partial charge in [0.05, 0.1) is 11.1 Å². The molecule has 0 bridgehead atoms. The highest BCUT2D eigenvalue weighted by atomic mass is 35.5. The molecule has 1 nitrogen and oxygen atoms in total. The summed E-state index contributed by atoms with van der Waals surface area (Å²) in [5.74, 6) is -5.67. The molecule has 0 radical (unpaired) electrons. The van der Waals surface area contributed by atoms with Gasteiger partial charge in [-0.2, -0.15) is 35.1 Å². The third kappa shape index (κ3) is 2.65. The van der Waals surface area contributed by atoms with Crippen LogP contribution in [0.5, 0.6) is 0 Å². The molecule has 1 heterocycles. The van der Waals surface area contributed by atoms with E-state index in [2.05, 4.69) is 4.98 Å². The molecule has 102 valence electrons. The van der Waals surface area contributed by atoms with Crippen molar-refractivity contribution in [2.24, 2.45) is 0 Å². The molecule has 0 amide bonds. The van der Waals surface area contributed by atoms with Gasteiger partial charge >= 0.3 is 18.3 Å². The van der Waals surface area contributed by atoms with Gasteiger partial charge in [0.2, 0.25) is 0 Å². The van der Waals surface area contributed by atoms with Crippen LogP contribution in [0.2, 0.25) is 5.15 Å². The van der Waals surface area contributed by atoms with Crippen molar-refractivity contribution in [1.29, 1.82) is 0 Å². The molecular weight excluding hydrogens is 298 g/mol. The monoisotopic (exact) mass is 299 g/mol. The Labute approximate surface area is 99.4 Å². The fraction of sp³-hybridized carbons (Fsp3) is 0.375. The Kier molecular flexibility index (Phi) is 3.50. The lowest BCUT2D eigenvalue weighted by Gasteiger charge is -2.23. The summed E-state index contributed by atoms with van der Waals surface area (Å²) in [6.45, 7) is 0. The average molecular weight is 300 g/mol. The van der Waals surface area contributed by atoms with Gasteiger partial charge in [-0.3, -0.25) is 0 Å². The van der Waals surface area contributed by atoms with E-state index in [1.54, 1.807) is 0 Å². The van der Waals surface area contributed by atoms with Crippen LogP contribution in [0.15, 0.2) is 12.3 Å². The van der Waals surface area contributed by atoms with Gasteiger partial charge in [-0.15, -0.1) is 0 Å². The SMILES string of the molecule is FC(F)(F)c1cc(Cl)ncc1C(F)(F)C(F)(F)F. The molecule has 0 saturated carbocycles. The number of halogens is 9. The molecule has 0 spiro atoms. The Bertz CT molecular complexity index is 449. The van der Waals surface area contributed by atoms with Gasteiger partial charge in [-0.05, 0) is 6.07 Å². The highest BCUT2D eigenvalue weighted by Gasteiger charge is 2.61. The lowest BCUT2D eigenvalue weighted by molar-refractivity contribution is -0.291. The summed E-state index contributed by atoms with van der Waals surface area (Å²) < 4.78 is 98.9. The minimum Gasteiger partial charge on any atom is -0.244 e. The third-order valence-electron chi connectivity index (χ3n) is 1.87. The minimum atomic E-state index is -6.16. The largest absolute Gasteiger partial charge is 0.458 e. The van der Waals surface area contributed by atoms with Gasteiger partial charge in [-0.25, -0.2) is 4.98 Å². The highest BCUT2D eigenvalue weighted by molar-refractivity contribution is 6.29. The molecule has 1 aromatic rings. The molecular formula is C8H2ClF8N. The second kappa shape index (κ2) is 4.22. The van der Waals surface area contributed by atoms with E-state index in [1.165, 1.54) is 0 Å². The predicted octanol–water partition coefficient (Wildman–Crippen LogP) is 4.41. The first-order valence-corrected chi connectivity index (χ1v) is 4.43. The van der Waals surface area contributed by atoms with Gasteiger partial charge in [0.25, 0.3) is 0 Å². The number of aromatic nitrogens is 1. The van der Waals surface area contributed by atoms with E-state index >= 15 is 0 Å². The zero-order valence-corrected chi connectivity index (χ0v) is 8.76. The summed E-state index contributed by atoms with van der Waals surface area (Å²) in [5, 5.41) is -0.843. The van der Waals surface area contributed by atoms with Crippen molar-refractivity contribution in [2.45, 2.75) is 18.3 Å². The molecule has 0 aliphatic heterocycles. The Balaban J connectivity index is 3.52. The van der Waals surface area contributed by atoms with Crippen LogP contribution >= 0.6 is 11.6 Å². The predicted molar refractivity (Wildman–Crippen MR) is 44.2 cm³/mol. The van der Waals surface area contributed by atoms with E-state index in [0.717, 1.165) is 0 Å². The topological polar surface area (TPSA) is 12.9 Å². The van der Waals surface area contributed by atoms with E-state index in [0.29, 0.717) is 0 Å². The van der Waals surface area contributed by atoms with Crippen molar-refractivity contribution in [1.82, 2.24) is 4.98 Å². The summed E-state index contributed by atoms with van der Waals surface area (Å²) in [6, 6.07) is -0.0868. The average Bonchev–Trinajstić information content (AvgIpc) is 2.13. The number of hydrogen-bond acceptors (Lipinski definition) is 1. The first-order valence-electron chi connectivity index (χ1n) is 4.05. The first-order chi connectivity index (χ1) is 7.87. The maximum absolute atomic E-state index is 12.9. The number of hydrogen-bond donors (Lipinski definition) is 0. The quantitative estimate of drug-likeness (QED) is 0.553. The van der Waals surface area contributed by atoms with Crippen LogP contribution in [0.25, 0.3) is 0 Å². The van der Waals surface area contributed by atoms with Gasteiger partial charge in [-0.1, -0.05) is 11.6 Å². The highest BCUT2D eigenvalue weighted by Crippen LogP contribution is 2.48. The fourth-order valence-electron chi connectivity index (χ4n) is 1.07. The zero-order valence-electron chi connectivity index (χ0n) is 8.00. The first kappa shape index (κ1) is 14.9. The molecule has 0 N–H and O–H groups in total. The van der Waals surface area contributed by atoms with E-state index in [1.807, 2.05) is 0 Å². The molecule has 1 rings (SSSR count). The van der Waals surface area contributed by atoms with E-state index in [4.69, 9.17) is 11.6 Å². The third-order valence-corrected chi connectivity index (χ3v) is 2.08. The van der Waals surface area contributed by atoms with Crippen molar-refractivity contribution < 1.29 is 35.1 Å². The molecule has 0 unspecified atom stereocenters. The summed E-state index contributed by atoms with van der Waals surface area (Å²) in [5.41, 5.74) is -4.46. The van der Waals surface area contributed by atoms with Gasteiger partial charge in [0.1, 0.15) is 5.15 Å². The molecule has 0 aromatic carbocycles. The normalized spacial score (nSPS) is 13.8. The maximum Gasteiger partial charge on any atom is 0.458 e. The zero-order chi connectivity index (χ0) is 14.4. The minimum absolute atomic E-state index is 0.0868. The van der Waals surface area contributed by atoms with E-state index in [-0.39, 0.29) is 12.3 Å². The van der Waals surface area contributed by atoms with Crippen LogP contribution < -0.4 is 0 Å². The van der Waals surface area contributed by atoms with Gasteiger partial charge in [0, 0.05) is 6.20 Å². The summed E-state index contributed by atoms with van der Waals surface area (Å²) in [7, 11) is 0. The maximum atomic E-state index is 12.9. The van der Waals surface area contributed by atoms with Gasteiger partial charge in [0.15, 0.2) is 0 Å². The molecule has 1 aromatic heterocycles. The van der Waals surface area contributed by atoms with Crippen molar-refractivity contribution in [2.75, 3.05) is 0 Å². The lowest BCUT2D eigenvalue weighted by atomic mass is 10.0. The number of nitrogens with zero attached hydrogens (tertiary/aromatic N) is 1.